The Kier molecular flexibility index (Phi) is 10.6. The Morgan fingerprint density at radius 2 is 1.50 bits per heavy atom. The molecule has 3 N–H and O–H groups in total. The third kappa shape index (κ3) is 10.0. The fraction of sp³-hybridized carbons (Fsp3) is 0.318. The molecule has 1 aliphatic heterocycles. The molecule has 0 radical (unpaired) electrons. The molecule has 1 fully saturated rings. The number of piperazine rings is 1. The van der Waals surface area contributed by atoms with E-state index in [1.165, 1.54) is 11.1 Å². The van der Waals surface area contributed by atoms with Gasteiger partial charge in [0.25, 0.3) is 0 Å². The van der Waals surface area contributed by atoms with Crippen LogP contribution in [-0.2, 0) is 16.1 Å². The molecule has 3 heterocycles. The van der Waals surface area contributed by atoms with Crippen molar-refractivity contribution < 1.29 is 46.1 Å². The molecule has 3 aromatic rings. The van der Waals surface area contributed by atoms with Crippen LogP contribution >= 0.6 is 0 Å². The number of carbonyl (C=O) groups is 2. The Hall–Kier alpha value is -4.21. The highest BCUT2D eigenvalue weighted by Crippen LogP contribution is 2.20. The van der Waals surface area contributed by atoms with E-state index in [1.54, 1.807) is 12.4 Å². The molecule has 0 saturated carbocycles. The monoisotopic (exact) mass is 548 g/mol. The maximum absolute atomic E-state index is 10.6. The second kappa shape index (κ2) is 13.4. The van der Waals surface area contributed by atoms with Gasteiger partial charge in [-0.3, -0.25) is 15.0 Å². The van der Waals surface area contributed by atoms with Gasteiger partial charge in [-0.05, 0) is 17.2 Å². The standard InChI is InChI=1S/C18H20N6.2C2HF3O2/c1-2-15(10-16(3-1)17-11-21-22-12-17)14-23-6-8-24(9-7-23)18-13-19-4-5-20-18;2*3-2(4,5)1(6)7/h1-5,10-13H,6-9,14H2,(H,21,22);2*(H,6,7). The van der Waals surface area contributed by atoms with Crippen molar-refractivity contribution in [3.05, 3.63) is 60.8 Å². The maximum Gasteiger partial charge on any atom is 0.490 e. The zero-order valence-electron chi connectivity index (χ0n) is 19.4. The topological polar surface area (TPSA) is 136 Å². The number of aromatic amines is 1. The van der Waals surface area contributed by atoms with Crippen molar-refractivity contribution in [1.82, 2.24) is 25.1 Å². The minimum atomic E-state index is -5.08. The van der Waals surface area contributed by atoms with Crippen LogP contribution in [0.3, 0.4) is 0 Å². The van der Waals surface area contributed by atoms with E-state index in [9.17, 15) is 26.3 Å². The van der Waals surface area contributed by atoms with E-state index in [-0.39, 0.29) is 0 Å². The number of hydrogen-bond acceptors (Lipinski definition) is 7. The molecule has 38 heavy (non-hydrogen) atoms. The lowest BCUT2D eigenvalue weighted by molar-refractivity contribution is -0.193. The quantitative estimate of drug-likeness (QED) is 0.419. The minimum absolute atomic E-state index is 0.971. The van der Waals surface area contributed by atoms with E-state index in [2.05, 4.69) is 54.2 Å². The van der Waals surface area contributed by atoms with Gasteiger partial charge in [0.2, 0.25) is 0 Å². The van der Waals surface area contributed by atoms with Gasteiger partial charge in [0.05, 0.1) is 12.4 Å². The van der Waals surface area contributed by atoms with E-state index < -0.39 is 24.3 Å². The smallest absolute Gasteiger partial charge is 0.475 e. The van der Waals surface area contributed by atoms with Crippen LogP contribution in [0.1, 0.15) is 5.56 Å². The Bertz CT molecular complexity index is 1130. The first-order chi connectivity index (χ1) is 17.8. The molecule has 4 rings (SSSR count). The largest absolute Gasteiger partial charge is 0.490 e. The first kappa shape index (κ1) is 30.0. The number of rotatable bonds is 4. The summed E-state index contributed by atoms with van der Waals surface area (Å²) in [5.41, 5.74) is 3.67. The fourth-order valence-corrected chi connectivity index (χ4v) is 3.11. The van der Waals surface area contributed by atoms with Gasteiger partial charge in [-0.25, -0.2) is 14.6 Å². The molecule has 1 aromatic carbocycles. The van der Waals surface area contributed by atoms with Gasteiger partial charge in [-0.2, -0.15) is 31.4 Å². The minimum Gasteiger partial charge on any atom is -0.475 e. The van der Waals surface area contributed by atoms with Crippen molar-refractivity contribution in [1.29, 1.82) is 0 Å². The maximum atomic E-state index is 10.6. The second-order valence-corrected chi connectivity index (χ2v) is 7.62. The molecule has 0 amide bonds. The summed E-state index contributed by atoms with van der Waals surface area (Å²) in [5, 5.41) is 21.2. The first-order valence-electron chi connectivity index (χ1n) is 10.7. The Balaban J connectivity index is 0.000000301. The Morgan fingerprint density at radius 3 is 1.97 bits per heavy atom. The average Bonchev–Trinajstić information content (AvgIpc) is 3.40. The summed E-state index contributed by atoms with van der Waals surface area (Å²) in [6.45, 7) is 5.01. The van der Waals surface area contributed by atoms with Gasteiger partial charge >= 0.3 is 24.3 Å². The third-order valence-corrected chi connectivity index (χ3v) is 4.90. The summed E-state index contributed by atoms with van der Waals surface area (Å²) in [5.74, 6) is -4.54. The third-order valence-electron chi connectivity index (χ3n) is 4.90. The normalized spacial score (nSPS) is 14.0. The lowest BCUT2D eigenvalue weighted by Crippen LogP contribution is -2.46. The lowest BCUT2D eigenvalue weighted by Gasteiger charge is -2.35. The van der Waals surface area contributed by atoms with Gasteiger partial charge < -0.3 is 15.1 Å². The average molecular weight is 548 g/mol. The number of nitrogens with one attached hydrogen (secondary N) is 1. The second-order valence-electron chi connectivity index (χ2n) is 7.62. The number of aromatic nitrogens is 4. The van der Waals surface area contributed by atoms with Crippen LogP contribution in [0.25, 0.3) is 11.1 Å². The van der Waals surface area contributed by atoms with Crippen LogP contribution in [0.5, 0.6) is 0 Å². The number of alkyl halides is 6. The number of benzene rings is 1. The molecule has 16 heteroatoms. The summed E-state index contributed by atoms with van der Waals surface area (Å²) < 4.78 is 63.5. The van der Waals surface area contributed by atoms with Gasteiger partial charge in [0.1, 0.15) is 5.82 Å². The number of aliphatic carboxylic acids is 2. The van der Waals surface area contributed by atoms with Crippen molar-refractivity contribution in [2.24, 2.45) is 0 Å². The summed E-state index contributed by atoms with van der Waals surface area (Å²) in [6.07, 6.45) is -1.07. The van der Waals surface area contributed by atoms with Crippen molar-refractivity contribution >= 4 is 17.8 Å². The Morgan fingerprint density at radius 1 is 0.895 bits per heavy atom. The molecule has 0 aliphatic carbocycles. The van der Waals surface area contributed by atoms with Gasteiger partial charge in [-0.1, -0.05) is 18.2 Å². The van der Waals surface area contributed by atoms with Gasteiger partial charge in [0.15, 0.2) is 0 Å². The zero-order chi connectivity index (χ0) is 28.3. The molecular formula is C22H22F6N6O4. The summed E-state index contributed by atoms with van der Waals surface area (Å²) in [7, 11) is 0. The molecule has 0 atom stereocenters. The predicted octanol–water partition coefficient (Wildman–Crippen LogP) is 3.46. The fourth-order valence-electron chi connectivity index (χ4n) is 3.11. The van der Waals surface area contributed by atoms with Crippen molar-refractivity contribution in [2.75, 3.05) is 31.1 Å². The summed E-state index contributed by atoms with van der Waals surface area (Å²) in [6, 6.07) is 8.69. The summed E-state index contributed by atoms with van der Waals surface area (Å²) in [4.78, 5) is 31.1. The number of H-pyrrole nitrogens is 1. The van der Waals surface area contributed by atoms with E-state index in [0.717, 1.165) is 44.1 Å². The zero-order valence-corrected chi connectivity index (χ0v) is 19.4. The SMILES string of the molecule is O=C(O)C(F)(F)F.O=C(O)C(F)(F)F.c1cc(CN2CCN(c3cnccn3)CC2)cc(-c2cn[nH]c2)c1. The number of carboxylic acids is 2. The Labute approximate surface area is 211 Å². The molecule has 0 bridgehead atoms. The highest BCUT2D eigenvalue weighted by atomic mass is 19.4. The van der Waals surface area contributed by atoms with Crippen LogP contribution in [0, 0.1) is 0 Å². The number of nitrogens with zero attached hydrogens (tertiary/aromatic N) is 5. The molecule has 1 saturated heterocycles. The van der Waals surface area contributed by atoms with E-state index in [1.807, 2.05) is 18.6 Å². The molecule has 1 aliphatic rings. The number of halogens is 6. The predicted molar refractivity (Wildman–Crippen MR) is 121 cm³/mol. The van der Waals surface area contributed by atoms with Crippen LogP contribution in [0.2, 0.25) is 0 Å². The molecule has 10 nitrogen and oxygen atoms in total. The van der Waals surface area contributed by atoms with E-state index in [0.29, 0.717) is 0 Å². The first-order valence-corrected chi connectivity index (χ1v) is 10.7. The lowest BCUT2D eigenvalue weighted by atomic mass is 10.1. The van der Waals surface area contributed by atoms with Gasteiger partial charge in [0, 0.05) is 56.9 Å². The highest BCUT2D eigenvalue weighted by molar-refractivity contribution is 5.73. The van der Waals surface area contributed by atoms with Crippen molar-refractivity contribution in [3.63, 3.8) is 0 Å². The van der Waals surface area contributed by atoms with Crippen LogP contribution in [0.4, 0.5) is 32.2 Å². The molecule has 2 aromatic heterocycles. The summed E-state index contributed by atoms with van der Waals surface area (Å²) >= 11 is 0. The van der Waals surface area contributed by atoms with Crippen LogP contribution in [-0.4, -0.2) is 85.7 Å². The van der Waals surface area contributed by atoms with Crippen LogP contribution < -0.4 is 4.90 Å². The number of anilines is 1. The molecular weight excluding hydrogens is 526 g/mol. The van der Waals surface area contributed by atoms with Crippen molar-refractivity contribution in [2.45, 2.75) is 18.9 Å². The van der Waals surface area contributed by atoms with Gasteiger partial charge in [-0.15, -0.1) is 0 Å². The van der Waals surface area contributed by atoms with Crippen LogP contribution in [0.15, 0.2) is 55.2 Å². The molecule has 0 unspecified atom stereocenters. The van der Waals surface area contributed by atoms with Crippen molar-refractivity contribution in [3.8, 4) is 11.1 Å². The van der Waals surface area contributed by atoms with E-state index in [4.69, 9.17) is 19.8 Å². The molecule has 206 valence electrons. The number of hydrogen-bond donors (Lipinski definition) is 3. The molecule has 0 spiro atoms. The highest BCUT2D eigenvalue weighted by Gasteiger charge is 2.38. The number of carboxylic acid groups (broad SMARTS) is 2. The van der Waals surface area contributed by atoms with E-state index >= 15 is 0 Å².